The Morgan fingerprint density at radius 3 is 2.60 bits per heavy atom. The van der Waals surface area contributed by atoms with Crippen LogP contribution in [0.15, 0.2) is 53.4 Å². The first-order valence-corrected chi connectivity index (χ1v) is 10.9. The predicted octanol–water partition coefficient (Wildman–Crippen LogP) is 4.26. The van der Waals surface area contributed by atoms with Crippen LogP contribution in [0.2, 0.25) is 0 Å². The minimum absolute atomic E-state index is 0.0402. The van der Waals surface area contributed by atoms with Crippen molar-refractivity contribution in [3.05, 3.63) is 66.1 Å². The second-order valence-electron chi connectivity index (χ2n) is 8.43. The van der Waals surface area contributed by atoms with E-state index in [1.165, 1.54) is 17.2 Å². The highest BCUT2D eigenvalue weighted by Crippen LogP contribution is 2.28. The number of benzene rings is 1. The zero-order valence-electron chi connectivity index (χ0n) is 19.4. The summed E-state index contributed by atoms with van der Waals surface area (Å²) in [6, 6.07) is 9.16. The number of hydrogen-bond donors (Lipinski definition) is 1. The Morgan fingerprint density at radius 1 is 1.17 bits per heavy atom. The second-order valence-corrected chi connectivity index (χ2v) is 8.43. The van der Waals surface area contributed by atoms with E-state index in [1.807, 2.05) is 13.8 Å². The smallest absolute Gasteiger partial charge is 0.305 e. The topological polar surface area (TPSA) is 110 Å². The van der Waals surface area contributed by atoms with Gasteiger partial charge >= 0.3 is 5.97 Å². The Morgan fingerprint density at radius 2 is 1.94 bits per heavy atom. The first kappa shape index (κ1) is 24.0. The molecule has 0 bridgehead atoms. The first-order chi connectivity index (χ1) is 16.7. The zero-order valence-corrected chi connectivity index (χ0v) is 19.4. The van der Waals surface area contributed by atoms with E-state index in [2.05, 4.69) is 20.2 Å². The lowest BCUT2D eigenvalue weighted by atomic mass is 9.99. The number of hydrogen-bond acceptors (Lipinski definition) is 7. The molecule has 4 aromatic rings. The molecule has 9 nitrogen and oxygen atoms in total. The number of carbonyl (C=O) groups is 1. The molecule has 4 rings (SSSR count). The van der Waals surface area contributed by atoms with Crippen molar-refractivity contribution in [3.8, 4) is 22.9 Å². The van der Waals surface area contributed by atoms with Gasteiger partial charge in [0.25, 0.3) is 0 Å². The largest absolute Gasteiger partial charge is 0.481 e. The van der Waals surface area contributed by atoms with Gasteiger partial charge in [0, 0.05) is 24.7 Å². The summed E-state index contributed by atoms with van der Waals surface area (Å²) in [7, 11) is 1.60. The molecule has 182 valence electrons. The van der Waals surface area contributed by atoms with Crippen molar-refractivity contribution in [3.63, 3.8) is 0 Å². The molecule has 0 aliphatic carbocycles. The van der Waals surface area contributed by atoms with Crippen LogP contribution in [0.3, 0.4) is 0 Å². The Bertz CT molecular complexity index is 1320. The monoisotopic (exact) mass is 482 g/mol. The number of aromatic nitrogens is 5. The standard InChI is InChI=1S/C24H24F2N6O3/c1-14(2)20(11-22(33)34)31(3)24-17(26)12-27-23(28-24)19-10-21(18-8-9-35-30-18)32(29-19)13-15-6-4-5-7-16(15)25/h4-10,12,14,20H,11,13H2,1-3H3,(H,33,34)/t20-/m1/s1. The van der Waals surface area contributed by atoms with Crippen LogP contribution < -0.4 is 4.90 Å². The highest BCUT2D eigenvalue weighted by molar-refractivity contribution is 5.68. The van der Waals surface area contributed by atoms with Crippen LogP contribution in [0.1, 0.15) is 25.8 Å². The minimum Gasteiger partial charge on any atom is -0.481 e. The normalized spacial score (nSPS) is 12.2. The minimum atomic E-state index is -0.991. The summed E-state index contributed by atoms with van der Waals surface area (Å²) < 4.78 is 35.5. The third-order valence-electron chi connectivity index (χ3n) is 5.70. The molecule has 0 fully saturated rings. The van der Waals surface area contributed by atoms with E-state index in [9.17, 15) is 18.7 Å². The number of carboxylic acids is 1. The molecule has 0 saturated carbocycles. The van der Waals surface area contributed by atoms with Crippen molar-refractivity contribution in [1.29, 1.82) is 0 Å². The number of rotatable bonds is 9. The average Bonchev–Trinajstić information content (AvgIpc) is 3.49. The van der Waals surface area contributed by atoms with Crippen LogP contribution in [0.4, 0.5) is 14.6 Å². The van der Waals surface area contributed by atoms with Gasteiger partial charge in [0.1, 0.15) is 23.5 Å². The summed E-state index contributed by atoms with van der Waals surface area (Å²) in [4.78, 5) is 21.3. The van der Waals surface area contributed by atoms with E-state index in [-0.39, 0.29) is 36.3 Å². The van der Waals surface area contributed by atoms with Gasteiger partial charge < -0.3 is 14.5 Å². The van der Waals surface area contributed by atoms with Crippen LogP contribution in [0.5, 0.6) is 0 Å². The van der Waals surface area contributed by atoms with Gasteiger partial charge in [-0.1, -0.05) is 37.2 Å². The molecule has 0 unspecified atom stereocenters. The summed E-state index contributed by atoms with van der Waals surface area (Å²) in [5, 5.41) is 17.8. The molecule has 11 heteroatoms. The van der Waals surface area contributed by atoms with Gasteiger partial charge in [0.05, 0.1) is 24.9 Å². The quantitative estimate of drug-likeness (QED) is 0.377. The molecule has 0 spiro atoms. The molecule has 0 radical (unpaired) electrons. The van der Waals surface area contributed by atoms with E-state index in [0.29, 0.717) is 22.6 Å². The summed E-state index contributed by atoms with van der Waals surface area (Å²) >= 11 is 0. The predicted molar refractivity (Wildman–Crippen MR) is 123 cm³/mol. The van der Waals surface area contributed by atoms with Crippen molar-refractivity contribution < 1.29 is 23.2 Å². The summed E-state index contributed by atoms with van der Waals surface area (Å²) in [6.07, 6.45) is 2.25. The van der Waals surface area contributed by atoms with Gasteiger partial charge in [-0.3, -0.25) is 9.48 Å². The fourth-order valence-corrected chi connectivity index (χ4v) is 3.87. The van der Waals surface area contributed by atoms with Crippen molar-refractivity contribution >= 4 is 11.8 Å². The lowest BCUT2D eigenvalue weighted by Gasteiger charge is -2.31. The van der Waals surface area contributed by atoms with Gasteiger partial charge in [0.2, 0.25) is 0 Å². The molecule has 3 aromatic heterocycles. The SMILES string of the molecule is CC(C)[C@@H](CC(=O)O)N(C)c1nc(-c2cc(-c3ccon3)n(Cc3ccccc3F)n2)ncc1F. The molecule has 0 amide bonds. The molecule has 35 heavy (non-hydrogen) atoms. The van der Waals surface area contributed by atoms with Gasteiger partial charge in [-0.05, 0) is 18.1 Å². The number of nitrogens with zero attached hydrogens (tertiary/aromatic N) is 6. The van der Waals surface area contributed by atoms with E-state index in [0.717, 1.165) is 6.20 Å². The Hall–Kier alpha value is -4.15. The van der Waals surface area contributed by atoms with Gasteiger partial charge in [-0.2, -0.15) is 5.10 Å². The van der Waals surface area contributed by atoms with Crippen LogP contribution in [0.25, 0.3) is 22.9 Å². The Kier molecular flexibility index (Phi) is 6.85. The molecule has 0 aliphatic rings. The maximum atomic E-state index is 14.7. The number of halogens is 2. The van der Waals surface area contributed by atoms with E-state index >= 15 is 0 Å². The third kappa shape index (κ3) is 5.18. The first-order valence-electron chi connectivity index (χ1n) is 10.9. The Balaban J connectivity index is 1.75. The molecule has 3 heterocycles. The highest BCUT2D eigenvalue weighted by atomic mass is 19.1. The lowest BCUT2D eigenvalue weighted by molar-refractivity contribution is -0.137. The maximum absolute atomic E-state index is 14.7. The zero-order chi connectivity index (χ0) is 25.1. The molecule has 1 N–H and O–H groups in total. The van der Waals surface area contributed by atoms with Crippen LogP contribution in [-0.2, 0) is 11.3 Å². The van der Waals surface area contributed by atoms with Crippen LogP contribution in [-0.4, -0.2) is 49.1 Å². The Labute approximate surface area is 200 Å². The highest BCUT2D eigenvalue weighted by Gasteiger charge is 2.26. The fourth-order valence-electron chi connectivity index (χ4n) is 3.87. The van der Waals surface area contributed by atoms with Crippen molar-refractivity contribution in [2.75, 3.05) is 11.9 Å². The van der Waals surface area contributed by atoms with Gasteiger partial charge in [0.15, 0.2) is 17.5 Å². The molecule has 0 aliphatic heterocycles. The van der Waals surface area contributed by atoms with Gasteiger partial charge in [-0.25, -0.2) is 18.7 Å². The average molecular weight is 482 g/mol. The van der Waals surface area contributed by atoms with Crippen LogP contribution in [0, 0.1) is 17.6 Å². The number of carboxylic acid groups (broad SMARTS) is 1. The lowest BCUT2D eigenvalue weighted by Crippen LogP contribution is -2.39. The van der Waals surface area contributed by atoms with Crippen molar-refractivity contribution in [2.45, 2.75) is 32.9 Å². The second kappa shape index (κ2) is 10.00. The molecular formula is C24H24F2N6O3. The van der Waals surface area contributed by atoms with E-state index in [1.54, 1.807) is 42.1 Å². The maximum Gasteiger partial charge on any atom is 0.305 e. The molecular weight excluding hydrogens is 458 g/mol. The molecule has 1 atom stereocenters. The van der Waals surface area contributed by atoms with E-state index in [4.69, 9.17) is 4.52 Å². The molecule has 1 aromatic carbocycles. The van der Waals surface area contributed by atoms with Crippen molar-refractivity contribution in [2.24, 2.45) is 5.92 Å². The summed E-state index contributed by atoms with van der Waals surface area (Å²) in [5.74, 6) is -2.04. The summed E-state index contributed by atoms with van der Waals surface area (Å²) in [6.45, 7) is 3.83. The van der Waals surface area contributed by atoms with Crippen LogP contribution >= 0.6 is 0 Å². The fraction of sp³-hybridized carbons (Fsp3) is 0.292. The molecule has 0 saturated heterocycles. The number of anilines is 1. The number of aliphatic carboxylic acids is 1. The van der Waals surface area contributed by atoms with E-state index < -0.39 is 17.8 Å². The van der Waals surface area contributed by atoms with Crippen molar-refractivity contribution in [1.82, 2.24) is 24.9 Å². The summed E-state index contributed by atoms with van der Waals surface area (Å²) in [5.41, 5.74) is 1.74. The third-order valence-corrected chi connectivity index (χ3v) is 5.70. The van der Waals surface area contributed by atoms with Gasteiger partial charge in [-0.15, -0.1) is 0 Å².